The molecular weight excluding hydrogens is 336 g/mol. The number of phenols is 1. The quantitative estimate of drug-likeness (QED) is 0.903. The second-order valence-corrected chi connectivity index (χ2v) is 6.75. The highest BCUT2D eigenvalue weighted by Crippen LogP contribution is 2.38. The van der Waals surface area contributed by atoms with Crippen LogP contribution in [0.2, 0.25) is 0 Å². The molecule has 1 aromatic carbocycles. The lowest BCUT2D eigenvalue weighted by Crippen LogP contribution is -2.22. The average molecular weight is 358 g/mol. The van der Waals surface area contributed by atoms with Gasteiger partial charge in [0.15, 0.2) is 11.2 Å². The number of methoxy groups -OCH3 is 1. The monoisotopic (exact) mass is 358 g/mol. The maximum Gasteiger partial charge on any atom is 0.196 e. The third-order valence-electron chi connectivity index (χ3n) is 4.53. The van der Waals surface area contributed by atoms with Crippen molar-refractivity contribution in [3.05, 3.63) is 45.5 Å². The van der Waals surface area contributed by atoms with Crippen molar-refractivity contribution in [1.29, 1.82) is 0 Å². The SMILES string of the molecule is COc1cc2oc(C)cc(=O)c2c(O)c1C[C@@H](C)C1=CC(=O)C[C@H](C)O1. The Kier molecular flexibility index (Phi) is 4.76. The van der Waals surface area contributed by atoms with Crippen LogP contribution in [0.4, 0.5) is 0 Å². The Bertz CT molecular complexity index is 953. The van der Waals surface area contributed by atoms with Gasteiger partial charge in [-0.1, -0.05) is 6.92 Å². The van der Waals surface area contributed by atoms with E-state index in [1.807, 2.05) is 13.8 Å². The fraction of sp³-hybridized carbons (Fsp3) is 0.400. The number of hydrogen-bond acceptors (Lipinski definition) is 6. The number of carbonyl (C=O) groups is 1. The summed E-state index contributed by atoms with van der Waals surface area (Å²) in [6.45, 7) is 5.42. The molecule has 1 aliphatic heterocycles. The fourth-order valence-corrected chi connectivity index (χ4v) is 3.29. The fourth-order valence-electron chi connectivity index (χ4n) is 3.29. The average Bonchev–Trinajstić information content (AvgIpc) is 2.55. The highest BCUT2D eigenvalue weighted by Gasteiger charge is 2.25. The van der Waals surface area contributed by atoms with E-state index in [0.717, 1.165) is 0 Å². The molecule has 26 heavy (non-hydrogen) atoms. The van der Waals surface area contributed by atoms with E-state index in [0.29, 0.717) is 35.7 Å². The molecule has 2 aromatic rings. The summed E-state index contributed by atoms with van der Waals surface area (Å²) in [7, 11) is 1.49. The summed E-state index contributed by atoms with van der Waals surface area (Å²) < 4.78 is 16.7. The zero-order valence-corrected chi connectivity index (χ0v) is 15.3. The molecule has 0 saturated heterocycles. The Morgan fingerprint density at radius 1 is 1.35 bits per heavy atom. The predicted octanol–water partition coefficient (Wildman–Crippen LogP) is 3.26. The Morgan fingerprint density at radius 2 is 2.08 bits per heavy atom. The van der Waals surface area contributed by atoms with Crippen molar-refractivity contribution in [1.82, 2.24) is 0 Å². The third kappa shape index (κ3) is 3.31. The molecule has 0 amide bonds. The molecule has 0 unspecified atom stereocenters. The number of hydrogen-bond donors (Lipinski definition) is 1. The standard InChI is InChI=1S/C20H22O6/c1-10(16-8-13(21)6-11(2)25-16)5-14-17(24-4)9-18-19(20(14)23)15(22)7-12(3)26-18/h7-11,23H,5-6H2,1-4H3/t10-,11+/m1/s1. The van der Waals surface area contributed by atoms with Gasteiger partial charge in [-0.2, -0.15) is 0 Å². The third-order valence-corrected chi connectivity index (χ3v) is 4.53. The Hall–Kier alpha value is -2.76. The van der Waals surface area contributed by atoms with Gasteiger partial charge in [-0.05, 0) is 20.3 Å². The number of benzene rings is 1. The minimum Gasteiger partial charge on any atom is -0.507 e. The number of fused-ring (bicyclic) bond motifs is 1. The van der Waals surface area contributed by atoms with Crippen LogP contribution in [0.25, 0.3) is 11.0 Å². The van der Waals surface area contributed by atoms with Gasteiger partial charge < -0.3 is 19.0 Å². The molecule has 6 heteroatoms. The lowest BCUT2D eigenvalue weighted by molar-refractivity contribution is -0.118. The lowest BCUT2D eigenvalue weighted by atomic mass is 9.94. The van der Waals surface area contributed by atoms with E-state index in [1.54, 1.807) is 13.0 Å². The maximum atomic E-state index is 12.3. The Balaban J connectivity index is 2.06. The molecule has 0 aliphatic carbocycles. The number of allylic oxidation sites excluding steroid dienone is 2. The van der Waals surface area contributed by atoms with Gasteiger partial charge in [0.1, 0.15) is 40.1 Å². The summed E-state index contributed by atoms with van der Waals surface area (Å²) in [4.78, 5) is 24.1. The van der Waals surface area contributed by atoms with Crippen molar-refractivity contribution in [3.63, 3.8) is 0 Å². The number of ether oxygens (including phenoxy) is 2. The van der Waals surface area contributed by atoms with E-state index in [1.165, 1.54) is 19.3 Å². The molecule has 1 N–H and O–H groups in total. The van der Waals surface area contributed by atoms with Crippen molar-refractivity contribution in [2.45, 2.75) is 39.7 Å². The van der Waals surface area contributed by atoms with Crippen LogP contribution in [0, 0.1) is 12.8 Å². The first-order chi connectivity index (χ1) is 12.3. The lowest BCUT2D eigenvalue weighted by Gasteiger charge is -2.25. The van der Waals surface area contributed by atoms with E-state index in [4.69, 9.17) is 13.9 Å². The molecule has 2 heterocycles. The first kappa shape index (κ1) is 18.0. The predicted molar refractivity (Wildman–Crippen MR) is 96.6 cm³/mol. The van der Waals surface area contributed by atoms with Crippen molar-refractivity contribution >= 4 is 16.8 Å². The number of aromatic hydroxyl groups is 1. The second-order valence-electron chi connectivity index (χ2n) is 6.75. The summed E-state index contributed by atoms with van der Waals surface area (Å²) in [6, 6.07) is 2.95. The molecule has 138 valence electrons. The summed E-state index contributed by atoms with van der Waals surface area (Å²) in [5, 5.41) is 10.8. The van der Waals surface area contributed by atoms with Crippen LogP contribution >= 0.6 is 0 Å². The Morgan fingerprint density at radius 3 is 2.73 bits per heavy atom. The first-order valence-corrected chi connectivity index (χ1v) is 8.54. The highest BCUT2D eigenvalue weighted by atomic mass is 16.5. The van der Waals surface area contributed by atoms with E-state index in [2.05, 4.69) is 0 Å². The normalized spacial score (nSPS) is 18.4. The molecule has 2 atom stereocenters. The molecule has 1 aromatic heterocycles. The topological polar surface area (TPSA) is 86.0 Å². The van der Waals surface area contributed by atoms with Crippen molar-refractivity contribution in [2.24, 2.45) is 5.92 Å². The number of ketones is 1. The highest BCUT2D eigenvalue weighted by molar-refractivity contribution is 5.91. The zero-order chi connectivity index (χ0) is 19.0. The molecule has 0 saturated carbocycles. The zero-order valence-electron chi connectivity index (χ0n) is 15.3. The Labute approximate surface area is 151 Å². The van der Waals surface area contributed by atoms with Crippen molar-refractivity contribution in [3.8, 4) is 11.5 Å². The first-order valence-electron chi connectivity index (χ1n) is 8.54. The summed E-state index contributed by atoms with van der Waals surface area (Å²) in [5.41, 5.74) is 0.450. The minimum absolute atomic E-state index is 0.0245. The van der Waals surface area contributed by atoms with Gasteiger partial charge in [0.25, 0.3) is 0 Å². The molecule has 0 fully saturated rings. The summed E-state index contributed by atoms with van der Waals surface area (Å²) in [5.74, 6) is 1.15. The molecule has 3 rings (SSSR count). The van der Waals surface area contributed by atoms with Gasteiger partial charge in [0.2, 0.25) is 0 Å². The second kappa shape index (κ2) is 6.86. The van der Waals surface area contributed by atoms with Crippen LogP contribution in [-0.2, 0) is 16.0 Å². The molecule has 0 radical (unpaired) electrons. The van der Waals surface area contributed by atoms with Crippen LogP contribution in [0.5, 0.6) is 11.5 Å². The van der Waals surface area contributed by atoms with Gasteiger partial charge in [-0.15, -0.1) is 0 Å². The van der Waals surface area contributed by atoms with Crippen LogP contribution in [0.3, 0.4) is 0 Å². The number of aryl methyl sites for hydroxylation is 1. The van der Waals surface area contributed by atoms with Gasteiger partial charge >= 0.3 is 0 Å². The van der Waals surface area contributed by atoms with Gasteiger partial charge in [-0.3, -0.25) is 9.59 Å². The smallest absolute Gasteiger partial charge is 0.196 e. The summed E-state index contributed by atoms with van der Waals surface area (Å²) >= 11 is 0. The molecule has 0 spiro atoms. The van der Waals surface area contributed by atoms with Crippen molar-refractivity contribution in [2.75, 3.05) is 7.11 Å². The minimum atomic E-state index is -0.310. The van der Waals surface area contributed by atoms with Crippen LogP contribution in [-0.4, -0.2) is 24.1 Å². The van der Waals surface area contributed by atoms with Crippen LogP contribution in [0.1, 0.15) is 31.6 Å². The molecular formula is C20H22O6. The van der Waals surface area contributed by atoms with E-state index in [9.17, 15) is 14.7 Å². The molecule has 6 nitrogen and oxygen atoms in total. The van der Waals surface area contributed by atoms with Gasteiger partial charge in [-0.25, -0.2) is 0 Å². The number of phenolic OH excluding ortho intramolecular Hbond substituents is 1. The number of carbonyl (C=O) groups excluding carboxylic acids is 1. The van der Waals surface area contributed by atoms with Crippen LogP contribution < -0.4 is 10.2 Å². The number of rotatable bonds is 4. The van der Waals surface area contributed by atoms with Crippen molar-refractivity contribution < 1.29 is 23.8 Å². The molecule has 1 aliphatic rings. The summed E-state index contributed by atoms with van der Waals surface area (Å²) in [6.07, 6.45) is 2.05. The van der Waals surface area contributed by atoms with Crippen LogP contribution in [0.15, 0.2) is 33.2 Å². The molecule has 0 bridgehead atoms. The van der Waals surface area contributed by atoms with E-state index in [-0.39, 0.29) is 40.0 Å². The van der Waals surface area contributed by atoms with E-state index < -0.39 is 0 Å². The maximum absolute atomic E-state index is 12.3. The van der Waals surface area contributed by atoms with Gasteiger partial charge in [0.05, 0.1) is 7.11 Å². The largest absolute Gasteiger partial charge is 0.507 e. The van der Waals surface area contributed by atoms with E-state index >= 15 is 0 Å². The van der Waals surface area contributed by atoms with Gasteiger partial charge in [0, 0.05) is 36.1 Å².